The van der Waals surface area contributed by atoms with Crippen molar-refractivity contribution in [1.29, 1.82) is 0 Å². The molecule has 0 bridgehead atoms. The van der Waals surface area contributed by atoms with Gasteiger partial charge in [-0.1, -0.05) is 11.6 Å². The highest BCUT2D eigenvalue weighted by atomic mass is 35.5. The van der Waals surface area contributed by atoms with Crippen molar-refractivity contribution in [3.05, 3.63) is 23.1 Å². The predicted molar refractivity (Wildman–Crippen MR) is 37.0 cm³/mol. The number of allylic oxidation sites excluding steroid dienone is 1. The molecule has 0 saturated heterocycles. The fourth-order valence-corrected chi connectivity index (χ4v) is 0.945. The van der Waals surface area contributed by atoms with E-state index in [2.05, 4.69) is 5.43 Å². The van der Waals surface area contributed by atoms with E-state index in [0.717, 1.165) is 4.53 Å². The van der Waals surface area contributed by atoms with Crippen LogP contribution in [0.5, 0.6) is 0 Å². The monoisotopic (exact) mass is 165 g/mol. The first kappa shape index (κ1) is 6.58. The van der Waals surface area contributed by atoms with E-state index in [4.69, 9.17) is 29.1 Å². The molecular weight excluding hydrogens is 161 g/mol. The van der Waals surface area contributed by atoms with Gasteiger partial charge in [0.15, 0.2) is 0 Å². The van der Waals surface area contributed by atoms with Crippen LogP contribution in [0.25, 0.3) is 0 Å². The molecule has 0 radical (unpaired) electrons. The van der Waals surface area contributed by atoms with Gasteiger partial charge in [0.25, 0.3) is 0 Å². The van der Waals surface area contributed by atoms with E-state index in [0.29, 0.717) is 10.9 Å². The van der Waals surface area contributed by atoms with Gasteiger partial charge >= 0.3 is 0 Å². The van der Waals surface area contributed by atoms with Crippen LogP contribution in [-0.4, -0.2) is 4.53 Å². The van der Waals surface area contributed by atoms with Gasteiger partial charge in [0.05, 0.1) is 11.9 Å². The smallest absolute Gasteiger partial charge is 0.124 e. The van der Waals surface area contributed by atoms with Gasteiger partial charge < -0.3 is 5.73 Å². The average Bonchev–Trinajstić information content (AvgIpc) is 1.59. The number of nitrogens with two attached hydrogens (primary N) is 1. The molecule has 0 spiro atoms. The fourth-order valence-electron chi connectivity index (χ4n) is 0.481. The maximum atomic E-state index is 5.51. The molecule has 0 aromatic carbocycles. The normalized spacial score (nSPS) is 18.2. The second-order valence-corrected chi connectivity index (χ2v) is 2.32. The Labute approximate surface area is 62.8 Å². The molecule has 0 unspecified atom stereocenters. The molecule has 0 aromatic rings. The lowest BCUT2D eigenvalue weighted by Crippen LogP contribution is -2.26. The van der Waals surface area contributed by atoms with E-state index in [-0.39, 0.29) is 0 Å². The Kier molecular flexibility index (Phi) is 1.73. The number of hydrogen-bond donors (Lipinski definition) is 2. The molecule has 0 saturated carbocycles. The summed E-state index contributed by atoms with van der Waals surface area (Å²) >= 11 is 11.0. The summed E-state index contributed by atoms with van der Waals surface area (Å²) in [4.78, 5) is 0. The Bertz CT molecular complexity index is 175. The zero-order valence-corrected chi connectivity index (χ0v) is 5.95. The van der Waals surface area contributed by atoms with E-state index in [1.165, 1.54) is 6.20 Å². The number of hydrogen-bond acceptors (Lipinski definition) is 3. The zero-order valence-electron chi connectivity index (χ0n) is 4.44. The molecular formula is C4H5Cl2N3. The quantitative estimate of drug-likeness (QED) is 0.413. The van der Waals surface area contributed by atoms with Crippen molar-refractivity contribution in [3.8, 4) is 0 Å². The first-order chi connectivity index (χ1) is 4.18. The number of rotatable bonds is 0. The van der Waals surface area contributed by atoms with Gasteiger partial charge in [-0.3, -0.25) is 5.43 Å². The van der Waals surface area contributed by atoms with Crippen LogP contribution in [0.2, 0.25) is 0 Å². The van der Waals surface area contributed by atoms with Crippen LogP contribution >= 0.6 is 23.4 Å². The highest BCUT2D eigenvalue weighted by Crippen LogP contribution is 2.09. The van der Waals surface area contributed by atoms with Crippen LogP contribution in [-0.2, 0) is 0 Å². The molecule has 5 heteroatoms. The van der Waals surface area contributed by atoms with Crippen LogP contribution < -0.4 is 11.2 Å². The summed E-state index contributed by atoms with van der Waals surface area (Å²) < 4.78 is 1.16. The van der Waals surface area contributed by atoms with E-state index < -0.39 is 0 Å². The highest BCUT2D eigenvalue weighted by Gasteiger charge is 2.03. The van der Waals surface area contributed by atoms with Crippen LogP contribution in [0, 0.1) is 0 Å². The lowest BCUT2D eigenvalue weighted by Gasteiger charge is -2.16. The van der Waals surface area contributed by atoms with E-state index >= 15 is 0 Å². The lowest BCUT2D eigenvalue weighted by molar-refractivity contribution is 0.502. The molecule has 3 nitrogen and oxygen atoms in total. The van der Waals surface area contributed by atoms with Crippen molar-refractivity contribution < 1.29 is 0 Å². The number of halogens is 2. The molecule has 9 heavy (non-hydrogen) atoms. The Morgan fingerprint density at radius 2 is 2.33 bits per heavy atom. The molecule has 3 N–H and O–H groups in total. The fraction of sp³-hybridized carbons (Fsp3) is 0. The Morgan fingerprint density at radius 3 is 2.78 bits per heavy atom. The molecule has 50 valence electrons. The van der Waals surface area contributed by atoms with Crippen LogP contribution in [0.1, 0.15) is 0 Å². The van der Waals surface area contributed by atoms with Crippen LogP contribution in [0.4, 0.5) is 0 Å². The summed E-state index contributed by atoms with van der Waals surface area (Å²) in [5.74, 6) is 0. The number of hydrazine groups is 1. The van der Waals surface area contributed by atoms with Crippen molar-refractivity contribution in [2.45, 2.75) is 0 Å². The highest BCUT2D eigenvalue weighted by molar-refractivity contribution is 6.29. The third-order valence-corrected chi connectivity index (χ3v) is 1.15. The van der Waals surface area contributed by atoms with Crippen molar-refractivity contribution in [3.63, 3.8) is 0 Å². The molecule has 0 atom stereocenters. The van der Waals surface area contributed by atoms with Crippen molar-refractivity contribution in [2.75, 3.05) is 0 Å². The third kappa shape index (κ3) is 1.69. The minimum absolute atomic E-state index is 0.407. The Morgan fingerprint density at radius 1 is 1.67 bits per heavy atom. The number of nitrogens with one attached hydrogen (secondary N) is 1. The van der Waals surface area contributed by atoms with Crippen LogP contribution in [0.15, 0.2) is 23.1 Å². The van der Waals surface area contributed by atoms with Gasteiger partial charge in [-0.05, 0) is 6.08 Å². The van der Waals surface area contributed by atoms with Gasteiger partial charge in [-0.2, -0.15) is 0 Å². The molecule has 1 rings (SSSR count). The first-order valence-corrected chi connectivity index (χ1v) is 2.96. The maximum Gasteiger partial charge on any atom is 0.124 e. The molecule has 1 aliphatic heterocycles. The Hall–Kier alpha value is -0.540. The van der Waals surface area contributed by atoms with Crippen LogP contribution in [0.3, 0.4) is 0 Å². The standard InChI is InChI=1S/C4H5Cl2N3/c5-4-1-3(7)2-9(6)8-4/h1-2,8H,7H2. The zero-order chi connectivity index (χ0) is 6.85. The minimum Gasteiger partial charge on any atom is -0.397 e. The van der Waals surface area contributed by atoms with Crippen molar-refractivity contribution >= 4 is 23.4 Å². The second-order valence-electron chi connectivity index (χ2n) is 1.54. The van der Waals surface area contributed by atoms with E-state index in [1.807, 2.05) is 0 Å². The topological polar surface area (TPSA) is 41.3 Å². The summed E-state index contributed by atoms with van der Waals surface area (Å²) in [7, 11) is 0. The first-order valence-electron chi connectivity index (χ1n) is 2.24. The maximum absolute atomic E-state index is 5.51. The molecule has 1 heterocycles. The summed E-state index contributed by atoms with van der Waals surface area (Å²) in [5.41, 5.74) is 8.45. The largest absolute Gasteiger partial charge is 0.397 e. The van der Waals surface area contributed by atoms with Crippen molar-refractivity contribution in [2.24, 2.45) is 5.73 Å². The molecule has 0 aliphatic carbocycles. The van der Waals surface area contributed by atoms with Gasteiger partial charge in [-0.25, -0.2) is 4.53 Å². The van der Waals surface area contributed by atoms with Crippen molar-refractivity contribution in [1.82, 2.24) is 9.95 Å². The SMILES string of the molecule is NC1=CN(Cl)NC(Cl)=C1. The molecule has 0 amide bonds. The predicted octanol–water partition coefficient (Wildman–Crippen LogP) is 0.841. The summed E-state index contributed by atoms with van der Waals surface area (Å²) in [6.45, 7) is 0. The summed E-state index contributed by atoms with van der Waals surface area (Å²) in [6, 6.07) is 0. The minimum atomic E-state index is 0.407. The van der Waals surface area contributed by atoms with Gasteiger partial charge in [0, 0.05) is 11.8 Å². The summed E-state index contributed by atoms with van der Waals surface area (Å²) in [6.07, 6.45) is 3.08. The Balaban J connectivity index is 2.74. The lowest BCUT2D eigenvalue weighted by atomic mass is 10.4. The van der Waals surface area contributed by atoms with E-state index in [9.17, 15) is 0 Å². The average molecular weight is 166 g/mol. The third-order valence-electron chi connectivity index (χ3n) is 0.769. The van der Waals surface area contributed by atoms with Gasteiger partial charge in [-0.15, -0.1) is 0 Å². The molecule has 0 fully saturated rings. The number of nitrogens with zero attached hydrogens (tertiary/aromatic N) is 1. The van der Waals surface area contributed by atoms with Gasteiger partial charge in [0.2, 0.25) is 0 Å². The van der Waals surface area contributed by atoms with E-state index in [1.54, 1.807) is 6.08 Å². The molecule has 1 aliphatic rings. The van der Waals surface area contributed by atoms with Gasteiger partial charge in [0.1, 0.15) is 5.16 Å². The summed E-state index contributed by atoms with van der Waals surface area (Å²) in [5, 5.41) is 0.407. The molecule has 0 aromatic heterocycles. The second kappa shape index (κ2) is 2.37.